The highest BCUT2D eigenvalue weighted by Crippen LogP contribution is 2.37. The molecule has 0 aromatic rings. The smallest absolute Gasteiger partial charge is 0.309 e. The fourth-order valence-electron chi connectivity index (χ4n) is 4.97. The molecule has 2 saturated carbocycles. The number of rotatable bonds is 10. The molecule has 1 atom stereocenters. The van der Waals surface area contributed by atoms with Crippen LogP contribution in [0.1, 0.15) is 111 Å². The number of ether oxygens (including phenoxy) is 2. The molecule has 4 nitrogen and oxygen atoms in total. The van der Waals surface area contributed by atoms with E-state index in [2.05, 4.69) is 27.7 Å². The van der Waals surface area contributed by atoms with Crippen LogP contribution in [0.5, 0.6) is 0 Å². The van der Waals surface area contributed by atoms with Gasteiger partial charge in [-0.05, 0) is 44.4 Å². The summed E-state index contributed by atoms with van der Waals surface area (Å²) < 4.78 is 11.3. The van der Waals surface area contributed by atoms with Gasteiger partial charge in [0, 0.05) is 17.3 Å². The van der Waals surface area contributed by atoms with Crippen LogP contribution in [0.4, 0.5) is 0 Å². The van der Waals surface area contributed by atoms with Crippen molar-refractivity contribution in [3.05, 3.63) is 0 Å². The van der Waals surface area contributed by atoms with Gasteiger partial charge in [0.2, 0.25) is 0 Å². The number of carbonyl (C=O) groups is 2. The SMILES string of the molecule is CC(C)C(CCCC(=O)OCC1(C)CCCCC1)C(=O)OCC1(C)CCCCC1. The fraction of sp³-hybridized carbons (Fsp3) is 0.920. The molecule has 0 aromatic carbocycles. The minimum absolute atomic E-state index is 0.0881. The third-order valence-corrected chi connectivity index (χ3v) is 7.27. The summed E-state index contributed by atoms with van der Waals surface area (Å²) in [5.41, 5.74) is 0.307. The molecule has 2 rings (SSSR count). The molecule has 0 aromatic heterocycles. The van der Waals surface area contributed by atoms with E-state index in [0.29, 0.717) is 32.5 Å². The Morgan fingerprint density at radius 2 is 1.28 bits per heavy atom. The van der Waals surface area contributed by atoms with Gasteiger partial charge in [0.15, 0.2) is 0 Å². The second-order valence-corrected chi connectivity index (χ2v) is 10.8. The normalized spacial score (nSPS) is 22.1. The van der Waals surface area contributed by atoms with Crippen LogP contribution in [0.3, 0.4) is 0 Å². The average Bonchev–Trinajstić information content (AvgIpc) is 2.69. The molecule has 0 saturated heterocycles. The van der Waals surface area contributed by atoms with Gasteiger partial charge in [-0.3, -0.25) is 9.59 Å². The molecule has 2 aliphatic carbocycles. The van der Waals surface area contributed by atoms with Gasteiger partial charge in [-0.15, -0.1) is 0 Å². The van der Waals surface area contributed by atoms with Crippen LogP contribution < -0.4 is 0 Å². The van der Waals surface area contributed by atoms with Crippen LogP contribution in [0.25, 0.3) is 0 Å². The first kappa shape index (κ1) is 24.2. The van der Waals surface area contributed by atoms with Gasteiger partial charge < -0.3 is 9.47 Å². The molecule has 0 aliphatic heterocycles. The first-order valence-corrected chi connectivity index (χ1v) is 12.1. The van der Waals surface area contributed by atoms with Gasteiger partial charge in [0.25, 0.3) is 0 Å². The lowest BCUT2D eigenvalue weighted by atomic mass is 9.76. The van der Waals surface area contributed by atoms with Gasteiger partial charge in [-0.2, -0.15) is 0 Å². The van der Waals surface area contributed by atoms with E-state index < -0.39 is 0 Å². The van der Waals surface area contributed by atoms with Crippen molar-refractivity contribution in [1.82, 2.24) is 0 Å². The molecule has 168 valence electrons. The van der Waals surface area contributed by atoms with E-state index in [1.165, 1.54) is 38.5 Å². The topological polar surface area (TPSA) is 52.6 Å². The van der Waals surface area contributed by atoms with Gasteiger partial charge in [0.1, 0.15) is 0 Å². The highest BCUT2D eigenvalue weighted by Gasteiger charge is 2.31. The summed E-state index contributed by atoms with van der Waals surface area (Å²) in [4.78, 5) is 24.9. The summed E-state index contributed by atoms with van der Waals surface area (Å²) in [6.07, 6.45) is 13.9. The molecule has 4 heteroatoms. The molecule has 0 bridgehead atoms. The highest BCUT2D eigenvalue weighted by molar-refractivity contribution is 5.73. The molecular formula is C25H44O4. The number of esters is 2. The molecule has 0 N–H and O–H groups in total. The van der Waals surface area contributed by atoms with Crippen molar-refractivity contribution in [2.75, 3.05) is 13.2 Å². The Labute approximate surface area is 178 Å². The van der Waals surface area contributed by atoms with Crippen molar-refractivity contribution >= 4 is 11.9 Å². The first-order chi connectivity index (χ1) is 13.7. The maximum absolute atomic E-state index is 12.7. The third kappa shape index (κ3) is 8.30. The van der Waals surface area contributed by atoms with Crippen LogP contribution in [0, 0.1) is 22.7 Å². The summed E-state index contributed by atoms with van der Waals surface area (Å²) in [5, 5.41) is 0. The summed E-state index contributed by atoms with van der Waals surface area (Å²) in [5.74, 6) is -0.123. The largest absolute Gasteiger partial charge is 0.465 e. The predicted molar refractivity (Wildman–Crippen MR) is 116 cm³/mol. The zero-order valence-electron chi connectivity index (χ0n) is 19.4. The fourth-order valence-corrected chi connectivity index (χ4v) is 4.97. The Balaban J connectivity index is 1.69. The summed E-state index contributed by atoms with van der Waals surface area (Å²) in [6.45, 7) is 9.69. The lowest BCUT2D eigenvalue weighted by molar-refractivity contribution is -0.155. The van der Waals surface area contributed by atoms with Crippen molar-refractivity contribution in [3.63, 3.8) is 0 Å². The second-order valence-electron chi connectivity index (χ2n) is 10.8. The van der Waals surface area contributed by atoms with Crippen molar-refractivity contribution in [2.45, 2.75) is 111 Å². The molecule has 1 unspecified atom stereocenters. The van der Waals surface area contributed by atoms with Crippen LogP contribution in [0.2, 0.25) is 0 Å². The van der Waals surface area contributed by atoms with E-state index in [4.69, 9.17) is 9.47 Å². The molecular weight excluding hydrogens is 364 g/mol. The van der Waals surface area contributed by atoms with Gasteiger partial charge >= 0.3 is 11.9 Å². The van der Waals surface area contributed by atoms with E-state index in [0.717, 1.165) is 25.7 Å². The maximum Gasteiger partial charge on any atom is 0.309 e. The molecule has 0 radical (unpaired) electrons. The Kier molecular flexibility index (Phi) is 9.49. The average molecular weight is 409 g/mol. The van der Waals surface area contributed by atoms with Crippen LogP contribution >= 0.6 is 0 Å². The van der Waals surface area contributed by atoms with Crippen molar-refractivity contribution < 1.29 is 19.1 Å². The molecule has 2 aliphatic rings. The Hall–Kier alpha value is -1.06. The predicted octanol–water partition coefficient (Wildman–Crippen LogP) is 6.46. The second kappa shape index (κ2) is 11.4. The van der Waals surface area contributed by atoms with Crippen molar-refractivity contribution in [2.24, 2.45) is 22.7 Å². The maximum atomic E-state index is 12.7. The summed E-state index contributed by atoms with van der Waals surface area (Å²) >= 11 is 0. The van der Waals surface area contributed by atoms with E-state index in [1.807, 2.05) is 0 Å². The minimum Gasteiger partial charge on any atom is -0.465 e. The number of hydrogen-bond donors (Lipinski definition) is 0. The van der Waals surface area contributed by atoms with Crippen LogP contribution in [-0.2, 0) is 19.1 Å². The van der Waals surface area contributed by atoms with E-state index in [9.17, 15) is 9.59 Å². The highest BCUT2D eigenvalue weighted by atomic mass is 16.5. The Morgan fingerprint density at radius 1 is 0.793 bits per heavy atom. The Bertz CT molecular complexity index is 513. The van der Waals surface area contributed by atoms with E-state index in [1.54, 1.807) is 0 Å². The van der Waals surface area contributed by atoms with Crippen molar-refractivity contribution in [1.29, 1.82) is 0 Å². The monoisotopic (exact) mass is 408 g/mol. The zero-order valence-corrected chi connectivity index (χ0v) is 19.4. The molecule has 29 heavy (non-hydrogen) atoms. The Morgan fingerprint density at radius 3 is 1.76 bits per heavy atom. The number of hydrogen-bond acceptors (Lipinski definition) is 4. The van der Waals surface area contributed by atoms with Crippen LogP contribution in [0.15, 0.2) is 0 Å². The lowest BCUT2D eigenvalue weighted by Crippen LogP contribution is -2.31. The summed E-state index contributed by atoms with van der Waals surface area (Å²) in [6, 6.07) is 0. The standard InChI is InChI=1S/C25H44O4/c1-20(2)21(23(27)29-19-25(4)16-9-6-10-17-25)12-11-13-22(26)28-18-24(3)14-7-5-8-15-24/h20-21H,5-19H2,1-4H3. The molecule has 0 spiro atoms. The molecule has 0 heterocycles. The van der Waals surface area contributed by atoms with Gasteiger partial charge in [0.05, 0.1) is 19.1 Å². The summed E-state index contributed by atoms with van der Waals surface area (Å²) in [7, 11) is 0. The van der Waals surface area contributed by atoms with E-state index >= 15 is 0 Å². The molecule has 2 fully saturated rings. The first-order valence-electron chi connectivity index (χ1n) is 12.1. The molecule has 0 amide bonds. The number of carbonyl (C=O) groups excluding carboxylic acids is 2. The quantitative estimate of drug-likeness (QED) is 0.389. The third-order valence-electron chi connectivity index (χ3n) is 7.27. The van der Waals surface area contributed by atoms with Gasteiger partial charge in [-0.25, -0.2) is 0 Å². The lowest BCUT2D eigenvalue weighted by Gasteiger charge is -2.33. The van der Waals surface area contributed by atoms with Crippen LogP contribution in [-0.4, -0.2) is 25.2 Å². The minimum atomic E-state index is -0.133. The van der Waals surface area contributed by atoms with Crippen molar-refractivity contribution in [3.8, 4) is 0 Å². The zero-order chi connectivity index (χ0) is 21.3. The van der Waals surface area contributed by atoms with Gasteiger partial charge in [-0.1, -0.05) is 66.2 Å². The van der Waals surface area contributed by atoms with E-state index in [-0.39, 0.29) is 34.6 Å².